The zero-order chi connectivity index (χ0) is 15.1. The third-order valence-corrected chi connectivity index (χ3v) is 4.04. The summed E-state index contributed by atoms with van der Waals surface area (Å²) in [4.78, 5) is 24.7. The molecule has 1 saturated carbocycles. The molecule has 1 aliphatic carbocycles. The molecule has 1 rings (SSSR count). The number of urea groups is 1. The third kappa shape index (κ3) is 5.77. The minimum atomic E-state index is -0.718. The minimum Gasteiger partial charge on any atom is -0.481 e. The topological polar surface area (TPSA) is 81.7 Å². The van der Waals surface area contributed by atoms with Crippen molar-refractivity contribution in [3.05, 3.63) is 0 Å². The van der Waals surface area contributed by atoms with Crippen LogP contribution in [-0.4, -0.2) is 54.2 Å². The van der Waals surface area contributed by atoms with Gasteiger partial charge in [-0.2, -0.15) is 0 Å². The number of hydrogen-bond donors (Lipinski definition) is 3. The van der Waals surface area contributed by atoms with Gasteiger partial charge in [0.1, 0.15) is 0 Å². The summed E-state index contributed by atoms with van der Waals surface area (Å²) in [6.07, 6.45) is 2.79. The van der Waals surface area contributed by atoms with Crippen molar-refractivity contribution < 1.29 is 14.7 Å². The van der Waals surface area contributed by atoms with Crippen molar-refractivity contribution in [1.82, 2.24) is 15.5 Å². The zero-order valence-electron chi connectivity index (χ0n) is 12.7. The molecule has 0 aromatic heterocycles. The summed E-state index contributed by atoms with van der Waals surface area (Å²) >= 11 is 0. The Balaban J connectivity index is 2.16. The molecule has 1 aliphatic rings. The molecule has 116 valence electrons. The Morgan fingerprint density at radius 3 is 2.35 bits per heavy atom. The lowest BCUT2D eigenvalue weighted by Gasteiger charge is -2.27. The lowest BCUT2D eigenvalue weighted by molar-refractivity contribution is -0.142. The highest BCUT2D eigenvalue weighted by atomic mass is 16.4. The Bertz CT molecular complexity index is 326. The fourth-order valence-electron chi connectivity index (χ4n) is 2.33. The monoisotopic (exact) mass is 285 g/mol. The minimum absolute atomic E-state index is 0.105. The molecule has 0 heterocycles. The van der Waals surface area contributed by atoms with E-state index in [1.807, 2.05) is 7.05 Å². The number of aliphatic carboxylic acids is 1. The Labute approximate surface area is 120 Å². The van der Waals surface area contributed by atoms with Crippen LogP contribution in [0.2, 0.25) is 0 Å². The fourth-order valence-corrected chi connectivity index (χ4v) is 2.33. The number of carboxylic acid groups (broad SMARTS) is 1. The van der Waals surface area contributed by atoms with Gasteiger partial charge in [-0.05, 0) is 46.6 Å². The van der Waals surface area contributed by atoms with Crippen LogP contribution in [0.3, 0.4) is 0 Å². The van der Waals surface area contributed by atoms with Gasteiger partial charge in [0.05, 0.1) is 5.92 Å². The van der Waals surface area contributed by atoms with Gasteiger partial charge >= 0.3 is 12.0 Å². The van der Waals surface area contributed by atoms with Gasteiger partial charge < -0.3 is 20.6 Å². The summed E-state index contributed by atoms with van der Waals surface area (Å²) in [6.45, 7) is 5.66. The first kappa shape index (κ1) is 16.8. The summed E-state index contributed by atoms with van der Waals surface area (Å²) in [5, 5.41) is 14.7. The molecular formula is C14H27N3O3. The van der Waals surface area contributed by atoms with E-state index in [0.29, 0.717) is 25.4 Å². The standard InChI is InChI=1S/C14H27N3O3/c1-10(2)17(3)9-8-15-14(20)16-12-6-4-11(5-7-12)13(18)19/h10-12H,4-9H2,1-3H3,(H,18,19)(H2,15,16,20). The van der Waals surface area contributed by atoms with Gasteiger partial charge in [-0.25, -0.2) is 4.79 Å². The van der Waals surface area contributed by atoms with Crippen LogP contribution in [0, 0.1) is 5.92 Å². The number of rotatable bonds is 6. The van der Waals surface area contributed by atoms with E-state index in [-0.39, 0.29) is 18.0 Å². The second-order valence-corrected chi connectivity index (χ2v) is 5.86. The summed E-state index contributed by atoms with van der Waals surface area (Å²) < 4.78 is 0. The second-order valence-electron chi connectivity index (χ2n) is 5.86. The zero-order valence-corrected chi connectivity index (χ0v) is 12.7. The molecule has 0 bridgehead atoms. The smallest absolute Gasteiger partial charge is 0.315 e. The molecule has 6 nitrogen and oxygen atoms in total. The second kappa shape index (κ2) is 8.09. The molecule has 2 amide bonds. The third-order valence-electron chi connectivity index (χ3n) is 4.04. The van der Waals surface area contributed by atoms with Crippen LogP contribution in [-0.2, 0) is 4.79 Å². The van der Waals surface area contributed by atoms with Crippen LogP contribution >= 0.6 is 0 Å². The molecule has 6 heteroatoms. The first-order chi connectivity index (χ1) is 9.40. The summed E-state index contributed by atoms with van der Waals surface area (Å²) in [6, 6.07) is 0.417. The largest absolute Gasteiger partial charge is 0.481 e. The maximum atomic E-state index is 11.7. The van der Waals surface area contributed by atoms with Crippen molar-refractivity contribution >= 4 is 12.0 Å². The number of carboxylic acids is 1. The van der Waals surface area contributed by atoms with Gasteiger partial charge in [0.15, 0.2) is 0 Å². The van der Waals surface area contributed by atoms with Crippen molar-refractivity contribution in [2.45, 2.75) is 51.6 Å². The Kier molecular flexibility index (Phi) is 6.78. The van der Waals surface area contributed by atoms with Crippen LogP contribution in [0.25, 0.3) is 0 Å². The average Bonchev–Trinajstić information content (AvgIpc) is 2.39. The van der Waals surface area contributed by atoms with E-state index < -0.39 is 5.97 Å². The molecule has 0 aromatic carbocycles. The van der Waals surface area contributed by atoms with Crippen molar-refractivity contribution in [3.8, 4) is 0 Å². The molecule has 0 spiro atoms. The van der Waals surface area contributed by atoms with Gasteiger partial charge in [-0.15, -0.1) is 0 Å². The SMILES string of the molecule is CC(C)N(C)CCNC(=O)NC1CCC(C(=O)O)CC1. The summed E-state index contributed by atoms with van der Waals surface area (Å²) in [7, 11) is 2.03. The van der Waals surface area contributed by atoms with E-state index in [0.717, 1.165) is 19.4 Å². The van der Waals surface area contributed by atoms with Crippen molar-refractivity contribution in [1.29, 1.82) is 0 Å². The number of nitrogens with one attached hydrogen (secondary N) is 2. The molecule has 0 unspecified atom stereocenters. The molecule has 0 atom stereocenters. The number of amides is 2. The Hall–Kier alpha value is -1.30. The molecule has 0 radical (unpaired) electrons. The van der Waals surface area contributed by atoms with Gasteiger partial charge in [-0.1, -0.05) is 0 Å². The normalized spacial score (nSPS) is 22.9. The molecular weight excluding hydrogens is 258 g/mol. The van der Waals surface area contributed by atoms with E-state index in [2.05, 4.69) is 29.4 Å². The summed E-state index contributed by atoms with van der Waals surface area (Å²) in [5.41, 5.74) is 0. The number of nitrogens with zero attached hydrogens (tertiary/aromatic N) is 1. The van der Waals surface area contributed by atoms with Gasteiger partial charge in [0.25, 0.3) is 0 Å². The van der Waals surface area contributed by atoms with Crippen molar-refractivity contribution in [3.63, 3.8) is 0 Å². The van der Waals surface area contributed by atoms with Crippen molar-refractivity contribution in [2.24, 2.45) is 5.92 Å². The number of likely N-dealkylation sites (N-methyl/N-ethyl adjacent to an activating group) is 1. The van der Waals surface area contributed by atoms with E-state index in [9.17, 15) is 9.59 Å². The highest BCUT2D eigenvalue weighted by molar-refractivity contribution is 5.74. The predicted molar refractivity (Wildman–Crippen MR) is 77.7 cm³/mol. The number of hydrogen-bond acceptors (Lipinski definition) is 3. The number of carbonyl (C=O) groups is 2. The highest BCUT2D eigenvalue weighted by Gasteiger charge is 2.26. The number of carbonyl (C=O) groups excluding carboxylic acids is 1. The maximum absolute atomic E-state index is 11.7. The average molecular weight is 285 g/mol. The first-order valence-electron chi connectivity index (χ1n) is 7.37. The quantitative estimate of drug-likeness (QED) is 0.686. The van der Waals surface area contributed by atoms with E-state index in [1.165, 1.54) is 0 Å². The molecule has 3 N–H and O–H groups in total. The molecule has 0 aromatic rings. The first-order valence-corrected chi connectivity index (χ1v) is 7.37. The highest BCUT2D eigenvalue weighted by Crippen LogP contribution is 2.24. The van der Waals surface area contributed by atoms with Crippen molar-refractivity contribution in [2.75, 3.05) is 20.1 Å². The van der Waals surface area contributed by atoms with Crippen LogP contribution in [0.4, 0.5) is 4.79 Å². The Morgan fingerprint density at radius 2 is 1.85 bits per heavy atom. The Morgan fingerprint density at radius 1 is 1.25 bits per heavy atom. The maximum Gasteiger partial charge on any atom is 0.315 e. The van der Waals surface area contributed by atoms with Gasteiger partial charge in [0.2, 0.25) is 0 Å². The lowest BCUT2D eigenvalue weighted by Crippen LogP contribution is -2.46. The van der Waals surface area contributed by atoms with Crippen LogP contribution in [0.15, 0.2) is 0 Å². The molecule has 20 heavy (non-hydrogen) atoms. The lowest BCUT2D eigenvalue weighted by atomic mass is 9.86. The van der Waals surface area contributed by atoms with Crippen LogP contribution in [0.1, 0.15) is 39.5 Å². The van der Waals surface area contributed by atoms with Crippen LogP contribution in [0.5, 0.6) is 0 Å². The summed E-state index contributed by atoms with van der Waals surface area (Å²) in [5.74, 6) is -0.958. The van der Waals surface area contributed by atoms with E-state index in [1.54, 1.807) is 0 Å². The molecule has 0 aliphatic heterocycles. The molecule has 1 fully saturated rings. The predicted octanol–water partition coefficient (Wildman–Crippen LogP) is 1.27. The van der Waals surface area contributed by atoms with Crippen LogP contribution < -0.4 is 10.6 Å². The van der Waals surface area contributed by atoms with Gasteiger partial charge in [-0.3, -0.25) is 4.79 Å². The van der Waals surface area contributed by atoms with E-state index in [4.69, 9.17) is 5.11 Å². The molecule has 0 saturated heterocycles. The van der Waals surface area contributed by atoms with E-state index >= 15 is 0 Å². The van der Waals surface area contributed by atoms with Gasteiger partial charge in [0, 0.05) is 25.2 Å². The fraction of sp³-hybridized carbons (Fsp3) is 0.857.